The molecule has 134 valence electrons. The first-order chi connectivity index (χ1) is 12.4. The van der Waals surface area contributed by atoms with Crippen molar-refractivity contribution in [3.63, 3.8) is 0 Å². The predicted molar refractivity (Wildman–Crippen MR) is 104 cm³/mol. The number of thioether (sulfide) groups is 1. The van der Waals surface area contributed by atoms with Crippen LogP contribution < -0.4 is 11.2 Å². The normalized spacial score (nSPS) is 12.0. The number of nitrogen functional groups attached to an aromatic ring is 1. The van der Waals surface area contributed by atoms with Crippen molar-refractivity contribution >= 4 is 46.7 Å². The Morgan fingerprint density at radius 3 is 2.50 bits per heavy atom. The number of pyridine rings is 1. The van der Waals surface area contributed by atoms with Gasteiger partial charge in [-0.25, -0.2) is 9.66 Å². The van der Waals surface area contributed by atoms with Crippen molar-refractivity contribution in [3.05, 3.63) is 52.6 Å². The summed E-state index contributed by atoms with van der Waals surface area (Å²) in [5, 5.41) is 11.9. The summed E-state index contributed by atoms with van der Waals surface area (Å²) in [5.74, 6) is 6.74. The molecule has 0 saturated carbocycles. The van der Waals surface area contributed by atoms with Crippen LogP contribution in [0.15, 0.2) is 47.8 Å². The lowest BCUT2D eigenvalue weighted by Crippen LogP contribution is -2.24. The van der Waals surface area contributed by atoms with Crippen LogP contribution in [0.1, 0.15) is 6.92 Å². The first-order valence-corrected chi connectivity index (χ1v) is 9.13. The Morgan fingerprint density at radius 2 is 1.85 bits per heavy atom. The Hall–Kier alpha value is -2.29. The van der Waals surface area contributed by atoms with Crippen LogP contribution in [-0.4, -0.2) is 31.0 Å². The zero-order valence-electron chi connectivity index (χ0n) is 13.6. The highest BCUT2D eigenvalue weighted by Crippen LogP contribution is 2.26. The van der Waals surface area contributed by atoms with Crippen LogP contribution in [0, 0.1) is 0 Å². The SMILES string of the molecule is C[C@H](Sc1nnc(-c2ccc(Cl)cc2)n1N)C(=O)Nc1ccc(Cl)cn1. The molecule has 3 rings (SSSR count). The van der Waals surface area contributed by atoms with E-state index in [4.69, 9.17) is 29.0 Å². The highest BCUT2D eigenvalue weighted by molar-refractivity contribution is 8.00. The van der Waals surface area contributed by atoms with Crippen molar-refractivity contribution in [1.82, 2.24) is 19.9 Å². The molecule has 1 aromatic carbocycles. The fourth-order valence-electron chi connectivity index (χ4n) is 2.04. The van der Waals surface area contributed by atoms with E-state index in [1.54, 1.807) is 43.3 Å². The third-order valence-corrected chi connectivity index (χ3v) is 4.93. The second-order valence-electron chi connectivity index (χ2n) is 5.29. The van der Waals surface area contributed by atoms with Crippen LogP contribution in [0.25, 0.3) is 11.4 Å². The Kier molecular flexibility index (Phi) is 5.65. The van der Waals surface area contributed by atoms with Crippen LogP contribution in [-0.2, 0) is 4.79 Å². The maximum atomic E-state index is 12.3. The smallest absolute Gasteiger partial charge is 0.238 e. The summed E-state index contributed by atoms with van der Waals surface area (Å²) in [6.07, 6.45) is 1.46. The molecule has 26 heavy (non-hydrogen) atoms. The quantitative estimate of drug-likeness (QED) is 0.495. The number of amides is 1. The Labute approximate surface area is 163 Å². The van der Waals surface area contributed by atoms with Crippen LogP contribution in [0.2, 0.25) is 10.0 Å². The molecule has 1 amide bonds. The summed E-state index contributed by atoms with van der Waals surface area (Å²) in [7, 11) is 0. The number of halogens is 2. The van der Waals surface area contributed by atoms with Gasteiger partial charge in [-0.15, -0.1) is 10.2 Å². The third-order valence-electron chi connectivity index (χ3n) is 3.40. The van der Waals surface area contributed by atoms with Gasteiger partial charge in [0.25, 0.3) is 0 Å². The number of carbonyl (C=O) groups is 1. The van der Waals surface area contributed by atoms with Crippen molar-refractivity contribution < 1.29 is 4.79 Å². The minimum atomic E-state index is -0.461. The van der Waals surface area contributed by atoms with E-state index in [1.165, 1.54) is 22.6 Å². The molecule has 0 aliphatic carbocycles. The number of hydrogen-bond acceptors (Lipinski definition) is 6. The summed E-state index contributed by atoms with van der Waals surface area (Å²) in [6.45, 7) is 1.74. The molecule has 0 saturated heterocycles. The number of anilines is 1. The maximum Gasteiger partial charge on any atom is 0.238 e. The van der Waals surface area contributed by atoms with Crippen molar-refractivity contribution in [2.24, 2.45) is 0 Å². The largest absolute Gasteiger partial charge is 0.335 e. The van der Waals surface area contributed by atoms with Gasteiger partial charge < -0.3 is 11.2 Å². The van der Waals surface area contributed by atoms with Crippen molar-refractivity contribution in [2.75, 3.05) is 11.2 Å². The summed E-state index contributed by atoms with van der Waals surface area (Å²) >= 11 is 12.9. The molecule has 10 heteroatoms. The first-order valence-electron chi connectivity index (χ1n) is 7.49. The van der Waals surface area contributed by atoms with E-state index in [-0.39, 0.29) is 5.91 Å². The lowest BCUT2D eigenvalue weighted by atomic mass is 10.2. The van der Waals surface area contributed by atoms with E-state index in [9.17, 15) is 4.79 Å². The van der Waals surface area contributed by atoms with Gasteiger partial charge in [-0.2, -0.15) is 0 Å². The number of benzene rings is 1. The minimum absolute atomic E-state index is 0.235. The molecule has 0 bridgehead atoms. The molecule has 0 aliphatic heterocycles. The van der Waals surface area contributed by atoms with Gasteiger partial charge in [-0.05, 0) is 43.3 Å². The lowest BCUT2D eigenvalue weighted by Gasteiger charge is -2.11. The fourth-order valence-corrected chi connectivity index (χ4v) is 3.05. The van der Waals surface area contributed by atoms with Gasteiger partial charge in [0, 0.05) is 16.8 Å². The highest BCUT2D eigenvalue weighted by Gasteiger charge is 2.20. The molecular weight excluding hydrogens is 395 g/mol. The summed E-state index contributed by atoms with van der Waals surface area (Å²) < 4.78 is 1.35. The van der Waals surface area contributed by atoms with Gasteiger partial charge in [0.15, 0.2) is 5.82 Å². The van der Waals surface area contributed by atoms with Crippen LogP contribution in [0.5, 0.6) is 0 Å². The van der Waals surface area contributed by atoms with Crippen LogP contribution in [0.3, 0.4) is 0 Å². The van der Waals surface area contributed by atoms with E-state index in [2.05, 4.69) is 20.5 Å². The molecule has 0 fully saturated rings. The van der Waals surface area contributed by atoms with E-state index < -0.39 is 5.25 Å². The number of carbonyl (C=O) groups excluding carboxylic acids is 1. The monoisotopic (exact) mass is 408 g/mol. The predicted octanol–water partition coefficient (Wildman–Crippen LogP) is 3.48. The average Bonchev–Trinajstić information content (AvgIpc) is 2.98. The van der Waals surface area contributed by atoms with Gasteiger partial charge in [-0.1, -0.05) is 35.0 Å². The van der Waals surface area contributed by atoms with Crippen LogP contribution >= 0.6 is 35.0 Å². The fraction of sp³-hybridized carbons (Fsp3) is 0.125. The molecule has 0 radical (unpaired) electrons. The molecule has 3 N–H and O–H groups in total. The van der Waals surface area contributed by atoms with E-state index in [0.29, 0.717) is 26.8 Å². The molecule has 2 heterocycles. The highest BCUT2D eigenvalue weighted by atomic mass is 35.5. The van der Waals surface area contributed by atoms with E-state index >= 15 is 0 Å². The van der Waals surface area contributed by atoms with Crippen LogP contribution in [0.4, 0.5) is 5.82 Å². The van der Waals surface area contributed by atoms with Gasteiger partial charge in [-0.3, -0.25) is 4.79 Å². The number of nitrogens with zero attached hydrogens (tertiary/aromatic N) is 4. The van der Waals surface area contributed by atoms with E-state index in [0.717, 1.165) is 5.56 Å². The lowest BCUT2D eigenvalue weighted by molar-refractivity contribution is -0.115. The molecular formula is C16H14Cl2N6OS. The zero-order chi connectivity index (χ0) is 18.7. The number of nitrogens with two attached hydrogens (primary N) is 1. The Bertz CT molecular complexity index is 913. The number of hydrogen-bond donors (Lipinski definition) is 2. The molecule has 1 atom stereocenters. The van der Waals surface area contributed by atoms with Crippen molar-refractivity contribution in [2.45, 2.75) is 17.3 Å². The Balaban J connectivity index is 1.69. The van der Waals surface area contributed by atoms with Gasteiger partial charge in [0.2, 0.25) is 11.1 Å². The topological polar surface area (TPSA) is 98.7 Å². The number of rotatable bonds is 5. The van der Waals surface area contributed by atoms with Crippen molar-refractivity contribution in [3.8, 4) is 11.4 Å². The standard InChI is InChI=1S/C16H14Cl2N6OS/c1-9(15(25)21-13-7-6-12(18)8-20-13)26-16-23-22-14(24(16)19)10-2-4-11(17)5-3-10/h2-9H,19H2,1H3,(H,20,21,25)/t9-/m0/s1. The molecule has 0 unspecified atom stereocenters. The van der Waals surface area contributed by atoms with Gasteiger partial charge in [0.05, 0.1) is 10.3 Å². The molecule has 7 nitrogen and oxygen atoms in total. The zero-order valence-corrected chi connectivity index (χ0v) is 15.9. The summed E-state index contributed by atoms with van der Waals surface area (Å²) in [5.41, 5.74) is 0.777. The summed E-state index contributed by atoms with van der Waals surface area (Å²) in [4.78, 5) is 16.3. The second kappa shape index (κ2) is 7.94. The summed E-state index contributed by atoms with van der Waals surface area (Å²) in [6, 6.07) is 10.4. The number of nitrogens with one attached hydrogen (secondary N) is 1. The molecule has 0 spiro atoms. The maximum absolute atomic E-state index is 12.3. The van der Waals surface area contributed by atoms with Gasteiger partial charge >= 0.3 is 0 Å². The van der Waals surface area contributed by atoms with Crippen molar-refractivity contribution in [1.29, 1.82) is 0 Å². The molecule has 3 aromatic rings. The van der Waals surface area contributed by atoms with E-state index in [1.807, 2.05) is 0 Å². The third kappa shape index (κ3) is 4.27. The first kappa shape index (κ1) is 18.5. The second-order valence-corrected chi connectivity index (χ2v) is 7.47. The number of aromatic nitrogens is 4. The molecule has 0 aliphatic rings. The molecule has 2 aromatic heterocycles. The Morgan fingerprint density at radius 1 is 1.15 bits per heavy atom. The average molecular weight is 409 g/mol. The minimum Gasteiger partial charge on any atom is -0.335 e. The van der Waals surface area contributed by atoms with Gasteiger partial charge in [0.1, 0.15) is 5.82 Å².